The molecule has 0 rings (SSSR count). The van der Waals surface area contributed by atoms with Gasteiger partial charge in [0.2, 0.25) is 0 Å². The van der Waals surface area contributed by atoms with E-state index < -0.39 is 11.9 Å². The van der Waals surface area contributed by atoms with Crippen molar-refractivity contribution in [3.8, 4) is 0 Å². The Kier molecular flexibility index (Phi) is 58.1. The maximum absolute atomic E-state index is 9.24. The van der Waals surface area contributed by atoms with Gasteiger partial charge in [-0.05, 0) is 6.92 Å². The summed E-state index contributed by atoms with van der Waals surface area (Å²) < 4.78 is 0. The Hall–Kier alpha value is 0.820. The van der Waals surface area contributed by atoms with E-state index in [9.17, 15) is 9.59 Å². The van der Waals surface area contributed by atoms with E-state index in [1.165, 1.54) is 0 Å². The summed E-state index contributed by atoms with van der Waals surface area (Å²) in [6.07, 6.45) is 0. The van der Waals surface area contributed by atoms with Crippen molar-refractivity contribution in [2.24, 2.45) is 11.5 Å². The van der Waals surface area contributed by atoms with Gasteiger partial charge in [-0.1, -0.05) is 0 Å². The van der Waals surface area contributed by atoms with Crippen LogP contribution < -0.4 is 11.5 Å². The third-order valence-electron chi connectivity index (χ3n) is 0.349. The first-order chi connectivity index (χ1) is 5.95. The molecule has 0 unspecified atom stereocenters. The van der Waals surface area contributed by atoms with Gasteiger partial charge in [0.1, 0.15) is 0 Å². The van der Waals surface area contributed by atoms with Gasteiger partial charge >= 0.3 is 11.9 Å². The molecule has 0 heterocycles. The summed E-state index contributed by atoms with van der Waals surface area (Å²) >= 11 is 0. The van der Waals surface area contributed by atoms with Gasteiger partial charge < -0.3 is 26.8 Å². The second-order valence-corrected chi connectivity index (χ2v) is 1.51. The number of aliphatic hydroxyl groups is 1. The number of hydrogen-bond donors (Lipinski definition) is 5. The summed E-state index contributed by atoms with van der Waals surface area (Å²) in [6, 6.07) is 0. The Balaban J connectivity index is -0.0000000322. The van der Waals surface area contributed by atoms with E-state index in [-0.39, 0.29) is 78.8 Å². The van der Waals surface area contributed by atoms with Crippen molar-refractivity contribution in [2.75, 3.05) is 19.7 Å². The van der Waals surface area contributed by atoms with Gasteiger partial charge in [-0.3, -0.25) is 9.59 Å². The molecule has 0 saturated carbocycles. The summed E-state index contributed by atoms with van der Waals surface area (Å²) in [5.41, 5.74) is 9.14. The number of rotatable bonds is 2. The van der Waals surface area contributed by atoms with Crippen LogP contribution in [0.15, 0.2) is 0 Å². The zero-order valence-electron chi connectivity index (χ0n) is 9.43. The van der Waals surface area contributed by atoms with Crippen LogP contribution in [0.3, 0.4) is 0 Å². The Labute approximate surface area is 133 Å². The molecule has 0 spiro atoms. The molecule has 0 amide bonds. The molecule has 0 bridgehead atoms. The first kappa shape index (κ1) is 29.7. The van der Waals surface area contributed by atoms with Crippen LogP contribution >= 0.6 is 0 Å². The van der Waals surface area contributed by atoms with E-state index in [0.29, 0.717) is 0 Å². The number of carboxylic acids is 2. The van der Waals surface area contributed by atoms with Crippen LogP contribution in [-0.4, -0.2) is 106 Å². The molecule has 0 aromatic heterocycles. The molecular weight excluding hydrogens is 226 g/mol. The van der Waals surface area contributed by atoms with Crippen molar-refractivity contribution in [1.82, 2.24) is 0 Å². The molecule has 7 N–H and O–H groups in total. The number of aliphatic hydroxyl groups excluding tert-OH is 1. The van der Waals surface area contributed by atoms with Crippen LogP contribution in [0, 0.1) is 0 Å². The van der Waals surface area contributed by atoms with Crippen molar-refractivity contribution < 1.29 is 24.9 Å². The maximum atomic E-state index is 9.24. The van der Waals surface area contributed by atoms with E-state index in [4.69, 9.17) is 15.3 Å². The minimum absolute atomic E-state index is 0. The molecule has 82 valence electrons. The number of aliphatic carboxylic acids is 2. The van der Waals surface area contributed by atoms with Gasteiger partial charge in [0.15, 0.2) is 0 Å². The summed E-state index contributed by atoms with van der Waals surface area (Å²) in [5, 5.41) is 22.8. The summed E-state index contributed by atoms with van der Waals surface area (Å²) in [4.78, 5) is 18.5. The smallest absolute Gasteiger partial charge is 0.317 e. The van der Waals surface area contributed by atoms with Crippen LogP contribution in [-0.2, 0) is 9.59 Å². The number of nitrogens with two attached hydrogens (primary N) is 2. The van der Waals surface area contributed by atoms with Crippen LogP contribution in [0.4, 0.5) is 0 Å². The van der Waals surface area contributed by atoms with Crippen molar-refractivity contribution in [1.29, 1.82) is 0 Å². The van der Waals surface area contributed by atoms with Gasteiger partial charge in [0.25, 0.3) is 0 Å². The van der Waals surface area contributed by atoms with Gasteiger partial charge in [-0.25, -0.2) is 0 Å². The predicted octanol–water partition coefficient (Wildman–Crippen LogP) is -2.70. The number of carbonyl (C=O) groups is 2. The monoisotopic (exact) mass is 242 g/mol. The standard InChI is InChI=1S/2C2H5NO2.C2H6O.2Na/c2*3-1-2(4)5;1-2-3;;/h2*1,3H2,(H,4,5);3H,2H2,1H3;;. The van der Waals surface area contributed by atoms with Gasteiger partial charge in [-0.2, -0.15) is 0 Å². The molecule has 0 aliphatic heterocycles. The van der Waals surface area contributed by atoms with Crippen LogP contribution in [0.1, 0.15) is 6.92 Å². The van der Waals surface area contributed by atoms with Crippen molar-refractivity contribution in [3.05, 3.63) is 0 Å². The molecule has 0 fully saturated rings. The second kappa shape index (κ2) is 29.4. The number of carboxylic acid groups (broad SMARTS) is 2. The zero-order valence-corrected chi connectivity index (χ0v) is 13.4. The second-order valence-electron chi connectivity index (χ2n) is 1.51. The van der Waals surface area contributed by atoms with E-state index >= 15 is 0 Å². The minimum atomic E-state index is -0.968. The van der Waals surface area contributed by atoms with Gasteiger partial charge in [-0.15, -0.1) is 0 Å². The van der Waals surface area contributed by atoms with Crippen LogP contribution in [0.25, 0.3) is 0 Å². The third-order valence-corrected chi connectivity index (χ3v) is 0.349. The average molecular weight is 242 g/mol. The van der Waals surface area contributed by atoms with Crippen LogP contribution in [0.2, 0.25) is 0 Å². The number of hydrogen-bond acceptors (Lipinski definition) is 5. The zero-order chi connectivity index (χ0) is 11.3. The molecule has 2 radical (unpaired) electrons. The molecule has 0 atom stereocenters. The summed E-state index contributed by atoms with van der Waals surface area (Å²) in [5.74, 6) is -1.94. The topological polar surface area (TPSA) is 147 Å². The van der Waals surface area contributed by atoms with Crippen molar-refractivity contribution in [3.63, 3.8) is 0 Å². The molecule has 0 aromatic carbocycles. The molecule has 0 aliphatic carbocycles. The van der Waals surface area contributed by atoms with Crippen molar-refractivity contribution >= 4 is 71.1 Å². The third kappa shape index (κ3) is 105. The summed E-state index contributed by atoms with van der Waals surface area (Å²) in [7, 11) is 0. The molecule has 7 nitrogen and oxygen atoms in total. The molecule has 0 saturated heterocycles. The first-order valence-electron chi connectivity index (χ1n) is 3.40. The molecule has 15 heavy (non-hydrogen) atoms. The average Bonchev–Trinajstić information content (AvgIpc) is 2.07. The Morgan fingerprint density at radius 1 is 1.00 bits per heavy atom. The van der Waals surface area contributed by atoms with Gasteiger partial charge in [0.05, 0.1) is 13.1 Å². The molecular formula is C6H16N2Na2O5. The molecule has 0 aromatic rings. The Morgan fingerprint density at radius 2 is 1.07 bits per heavy atom. The SMILES string of the molecule is CCO.NCC(=O)O.NCC(=O)O.[Na].[Na]. The van der Waals surface area contributed by atoms with E-state index in [0.717, 1.165) is 0 Å². The predicted molar refractivity (Wildman–Crippen MR) is 57.6 cm³/mol. The normalized spacial score (nSPS) is 6.13. The van der Waals surface area contributed by atoms with E-state index in [1.807, 2.05) is 0 Å². The maximum Gasteiger partial charge on any atom is 0.317 e. The minimum Gasteiger partial charge on any atom is -0.480 e. The van der Waals surface area contributed by atoms with Crippen molar-refractivity contribution in [2.45, 2.75) is 6.92 Å². The Morgan fingerprint density at radius 3 is 1.07 bits per heavy atom. The van der Waals surface area contributed by atoms with Gasteiger partial charge in [0, 0.05) is 65.7 Å². The fourth-order valence-electron chi connectivity index (χ4n) is 0. The molecule has 9 heteroatoms. The first-order valence-corrected chi connectivity index (χ1v) is 3.40. The largest absolute Gasteiger partial charge is 0.480 e. The summed E-state index contributed by atoms with van der Waals surface area (Å²) in [6.45, 7) is 1.37. The Bertz CT molecular complexity index is 123. The van der Waals surface area contributed by atoms with E-state index in [2.05, 4.69) is 11.5 Å². The molecule has 0 aliphatic rings. The fourth-order valence-corrected chi connectivity index (χ4v) is 0. The van der Waals surface area contributed by atoms with E-state index in [1.54, 1.807) is 6.92 Å². The fraction of sp³-hybridized carbons (Fsp3) is 0.667. The van der Waals surface area contributed by atoms with Crippen LogP contribution in [0.5, 0.6) is 0 Å². The quantitative estimate of drug-likeness (QED) is 0.331.